The second-order valence-electron chi connectivity index (χ2n) is 10.6. The number of amides is 1. The van der Waals surface area contributed by atoms with Crippen molar-refractivity contribution in [2.24, 2.45) is 0 Å². The van der Waals surface area contributed by atoms with Gasteiger partial charge in [-0.1, -0.05) is 56.3 Å². The summed E-state index contributed by atoms with van der Waals surface area (Å²) in [4.78, 5) is 46.0. The lowest BCUT2D eigenvalue weighted by Crippen LogP contribution is -2.44. The normalized spacial score (nSPS) is 15.7. The number of aromatic nitrogens is 5. The summed E-state index contributed by atoms with van der Waals surface area (Å²) in [5.41, 5.74) is 2.26. The molecule has 11 heteroatoms. The average molecular weight is 625 g/mol. The fourth-order valence-electron chi connectivity index (χ4n) is 5.68. The van der Waals surface area contributed by atoms with Crippen LogP contribution in [0.5, 0.6) is 0 Å². The van der Waals surface area contributed by atoms with Gasteiger partial charge in [-0.05, 0) is 67.1 Å². The Morgan fingerprint density at radius 3 is 2.33 bits per heavy atom. The van der Waals surface area contributed by atoms with Crippen LogP contribution < -0.4 is 16.6 Å². The van der Waals surface area contributed by atoms with E-state index < -0.39 is 17.1 Å². The summed E-state index contributed by atoms with van der Waals surface area (Å²) in [6, 6.07) is 21.0. The van der Waals surface area contributed by atoms with Crippen LogP contribution in [0.4, 0.5) is 8.78 Å². The molecule has 0 bridgehead atoms. The molecule has 1 amide bonds. The molecule has 46 heavy (non-hydrogen) atoms. The van der Waals surface area contributed by atoms with Crippen molar-refractivity contribution in [3.63, 3.8) is 0 Å². The Balaban J connectivity index is 0.000000291. The molecule has 6 aromatic rings. The van der Waals surface area contributed by atoms with Gasteiger partial charge in [-0.2, -0.15) is 0 Å². The molecule has 0 saturated heterocycles. The predicted octanol–water partition coefficient (Wildman–Crippen LogP) is 6.08. The lowest BCUT2D eigenvalue weighted by molar-refractivity contribution is -0.110. The van der Waals surface area contributed by atoms with E-state index in [0.29, 0.717) is 37.8 Å². The SMILES string of the molecule is CC.Fc1ccc2nccn2c1.O=CNC1CCC(n2c(=O)c3cc(F)cnc3n(-c3cccc(-c4ccccc4)c3)c2=O)CC1. The van der Waals surface area contributed by atoms with E-state index in [0.717, 1.165) is 29.0 Å². The Morgan fingerprint density at radius 1 is 0.848 bits per heavy atom. The minimum absolute atomic E-state index is 0.0220. The van der Waals surface area contributed by atoms with Gasteiger partial charge in [0.15, 0.2) is 5.65 Å². The molecule has 9 nitrogen and oxygen atoms in total. The smallest absolute Gasteiger partial charge is 0.337 e. The van der Waals surface area contributed by atoms with Gasteiger partial charge in [0.25, 0.3) is 5.56 Å². The van der Waals surface area contributed by atoms with Crippen LogP contribution in [0.2, 0.25) is 0 Å². The number of carbonyl (C=O) groups excluding carboxylic acids is 1. The van der Waals surface area contributed by atoms with E-state index in [2.05, 4.69) is 15.3 Å². The molecule has 1 fully saturated rings. The number of rotatable bonds is 5. The predicted molar refractivity (Wildman–Crippen MR) is 174 cm³/mol. The molecule has 1 aliphatic rings. The molecule has 236 valence electrons. The monoisotopic (exact) mass is 624 g/mol. The second kappa shape index (κ2) is 14.6. The van der Waals surface area contributed by atoms with E-state index >= 15 is 0 Å². The minimum atomic E-state index is -0.640. The van der Waals surface area contributed by atoms with Gasteiger partial charge in [-0.3, -0.25) is 14.2 Å². The van der Waals surface area contributed by atoms with Crippen LogP contribution in [0.25, 0.3) is 33.5 Å². The molecule has 1 aliphatic carbocycles. The lowest BCUT2D eigenvalue weighted by Gasteiger charge is -2.29. The number of pyridine rings is 2. The van der Waals surface area contributed by atoms with Crippen LogP contribution in [-0.4, -0.2) is 36.0 Å². The van der Waals surface area contributed by atoms with Crippen molar-refractivity contribution in [3.05, 3.63) is 130 Å². The summed E-state index contributed by atoms with van der Waals surface area (Å²) in [7, 11) is 0. The third kappa shape index (κ3) is 6.78. The van der Waals surface area contributed by atoms with E-state index in [1.165, 1.54) is 21.4 Å². The van der Waals surface area contributed by atoms with Crippen LogP contribution in [0, 0.1) is 11.6 Å². The number of hydrogen-bond acceptors (Lipinski definition) is 5. The average Bonchev–Trinajstić information content (AvgIpc) is 3.56. The zero-order valence-electron chi connectivity index (χ0n) is 25.5. The Labute approximate surface area is 263 Å². The number of nitrogens with one attached hydrogen (secondary N) is 1. The van der Waals surface area contributed by atoms with Crippen LogP contribution in [0.3, 0.4) is 0 Å². The number of fused-ring (bicyclic) bond motifs is 2. The number of carbonyl (C=O) groups is 1. The van der Waals surface area contributed by atoms with Crippen molar-refractivity contribution in [2.45, 2.75) is 51.6 Å². The highest BCUT2D eigenvalue weighted by Gasteiger charge is 2.27. The van der Waals surface area contributed by atoms with Crippen molar-refractivity contribution in [3.8, 4) is 16.8 Å². The first-order chi connectivity index (χ1) is 22.4. The van der Waals surface area contributed by atoms with Crippen molar-refractivity contribution in [1.82, 2.24) is 28.8 Å². The Hall–Kier alpha value is -5.45. The zero-order valence-corrected chi connectivity index (χ0v) is 25.5. The third-order valence-corrected chi connectivity index (χ3v) is 7.82. The number of nitrogens with zero attached hydrogens (tertiary/aromatic N) is 5. The second-order valence-corrected chi connectivity index (χ2v) is 10.6. The first kappa shape index (κ1) is 32.0. The van der Waals surface area contributed by atoms with E-state index in [9.17, 15) is 23.2 Å². The highest BCUT2D eigenvalue weighted by atomic mass is 19.1. The van der Waals surface area contributed by atoms with Crippen LogP contribution in [-0.2, 0) is 4.79 Å². The first-order valence-electron chi connectivity index (χ1n) is 15.2. The molecule has 1 N–H and O–H groups in total. The van der Waals surface area contributed by atoms with Gasteiger partial charge < -0.3 is 9.72 Å². The first-order valence-corrected chi connectivity index (χ1v) is 15.2. The van der Waals surface area contributed by atoms with Gasteiger partial charge in [-0.15, -0.1) is 0 Å². The van der Waals surface area contributed by atoms with Gasteiger partial charge in [0.05, 0.1) is 17.3 Å². The van der Waals surface area contributed by atoms with E-state index in [-0.39, 0.29) is 28.9 Å². The molecule has 0 atom stereocenters. The summed E-state index contributed by atoms with van der Waals surface area (Å²) < 4.78 is 30.8. The van der Waals surface area contributed by atoms with Gasteiger partial charge in [0.2, 0.25) is 6.41 Å². The lowest BCUT2D eigenvalue weighted by atomic mass is 9.91. The number of imidazole rings is 1. The van der Waals surface area contributed by atoms with Gasteiger partial charge in [-0.25, -0.2) is 28.1 Å². The maximum Gasteiger partial charge on any atom is 0.337 e. The van der Waals surface area contributed by atoms with Gasteiger partial charge >= 0.3 is 5.69 Å². The molecule has 0 unspecified atom stereocenters. The van der Waals surface area contributed by atoms with Crippen molar-refractivity contribution >= 4 is 23.1 Å². The van der Waals surface area contributed by atoms with E-state index in [1.807, 2.05) is 62.4 Å². The van der Waals surface area contributed by atoms with Crippen LogP contribution in [0.15, 0.2) is 107 Å². The quantitative estimate of drug-likeness (QED) is 0.234. The number of hydrogen-bond donors (Lipinski definition) is 1. The maximum absolute atomic E-state index is 14.1. The summed E-state index contributed by atoms with van der Waals surface area (Å²) in [5.74, 6) is -0.885. The largest absolute Gasteiger partial charge is 0.356 e. The molecule has 2 aromatic carbocycles. The Morgan fingerprint density at radius 2 is 1.59 bits per heavy atom. The van der Waals surface area contributed by atoms with E-state index in [1.54, 1.807) is 28.9 Å². The molecule has 0 radical (unpaired) electrons. The highest BCUT2D eigenvalue weighted by molar-refractivity contribution is 5.76. The topological polar surface area (TPSA) is 103 Å². The fraction of sp³-hybridized carbons (Fsp3) is 0.229. The van der Waals surface area contributed by atoms with Crippen LogP contribution >= 0.6 is 0 Å². The molecule has 7 rings (SSSR count). The third-order valence-electron chi connectivity index (χ3n) is 7.82. The maximum atomic E-state index is 14.1. The Bertz CT molecular complexity index is 2070. The van der Waals surface area contributed by atoms with Crippen molar-refractivity contribution in [2.75, 3.05) is 0 Å². The molecule has 1 saturated carbocycles. The molecule has 4 aromatic heterocycles. The molecular formula is C35H34F2N6O3. The van der Waals surface area contributed by atoms with Crippen molar-refractivity contribution in [1.29, 1.82) is 0 Å². The minimum Gasteiger partial charge on any atom is -0.356 e. The summed E-state index contributed by atoms with van der Waals surface area (Å²) in [5, 5.41) is 2.82. The fourth-order valence-corrected chi connectivity index (χ4v) is 5.68. The van der Waals surface area contributed by atoms with Gasteiger partial charge in [0.1, 0.15) is 17.3 Å². The molecular weight excluding hydrogens is 590 g/mol. The number of benzene rings is 2. The Kier molecular flexibility index (Phi) is 10.1. The van der Waals surface area contributed by atoms with E-state index in [4.69, 9.17) is 0 Å². The van der Waals surface area contributed by atoms with Crippen molar-refractivity contribution < 1.29 is 13.6 Å². The molecule has 0 spiro atoms. The number of halogens is 2. The highest BCUT2D eigenvalue weighted by Crippen LogP contribution is 2.28. The summed E-state index contributed by atoms with van der Waals surface area (Å²) in [6.07, 6.45) is 8.83. The summed E-state index contributed by atoms with van der Waals surface area (Å²) in [6.45, 7) is 4.00. The standard InChI is InChI=1S/C26H23FN4O3.C7H5FN2.C2H6/c27-19-14-23-24(28-15-19)30(22-8-4-7-18(13-22)17-5-2-1-3-6-17)26(34)31(25(23)33)21-11-9-20(10-12-21)29-16-32;8-6-1-2-7-9-3-4-10(7)5-6;1-2/h1-8,13-16,20-21H,9-12H2,(H,29,32);1-5H;1-2H3. The molecule has 4 heterocycles. The summed E-state index contributed by atoms with van der Waals surface area (Å²) >= 11 is 0. The van der Waals surface area contributed by atoms with Crippen LogP contribution in [0.1, 0.15) is 45.6 Å². The molecule has 0 aliphatic heterocycles. The zero-order chi connectivity index (χ0) is 32.6. The van der Waals surface area contributed by atoms with Gasteiger partial charge in [0, 0.05) is 30.7 Å².